The predicted octanol–water partition coefficient (Wildman–Crippen LogP) is 4.19. The van der Waals surface area contributed by atoms with Gasteiger partial charge in [-0.3, -0.25) is 4.79 Å². The lowest BCUT2D eigenvalue weighted by atomic mass is 10.1. The Balaban J connectivity index is 2.08. The molecule has 0 radical (unpaired) electrons. The number of esters is 1. The zero-order chi connectivity index (χ0) is 22.1. The third-order valence-electron chi connectivity index (χ3n) is 4.52. The lowest BCUT2D eigenvalue weighted by Crippen LogP contribution is -2.69. The number of halogens is 3. The summed E-state index contributed by atoms with van der Waals surface area (Å²) in [6.07, 6.45) is -5.23. The van der Waals surface area contributed by atoms with Gasteiger partial charge in [0.05, 0.1) is 17.3 Å². The molecule has 10 heteroatoms. The average molecular weight is 437 g/mol. The van der Waals surface area contributed by atoms with Crippen molar-refractivity contribution in [2.45, 2.75) is 25.7 Å². The number of amides is 1. The Labute approximate surface area is 174 Å². The zero-order valence-corrected chi connectivity index (χ0v) is 17.1. The fourth-order valence-corrected chi connectivity index (χ4v) is 3.91. The normalized spacial score (nSPS) is 13.5. The minimum Gasteiger partial charge on any atom is -0.466 e. The van der Waals surface area contributed by atoms with E-state index < -0.39 is 23.7 Å². The van der Waals surface area contributed by atoms with Crippen molar-refractivity contribution in [3.63, 3.8) is 0 Å². The molecular weight excluding hydrogens is 419 g/mol. The number of hydrogen-bond acceptors (Lipinski definition) is 6. The summed E-state index contributed by atoms with van der Waals surface area (Å²) in [4.78, 5) is 29.2. The highest BCUT2D eigenvalue weighted by molar-refractivity contribution is 7.22. The fourth-order valence-electron chi connectivity index (χ4n) is 2.91. The summed E-state index contributed by atoms with van der Waals surface area (Å²) in [7, 11) is 0.812. The van der Waals surface area contributed by atoms with E-state index in [9.17, 15) is 22.8 Å². The summed E-state index contributed by atoms with van der Waals surface area (Å²) in [6, 6.07) is 11.3. The van der Waals surface area contributed by atoms with Crippen molar-refractivity contribution in [2.24, 2.45) is 0 Å². The number of ether oxygens (including phenoxy) is 1. The van der Waals surface area contributed by atoms with Gasteiger partial charge >= 0.3 is 17.8 Å². The number of fused-ring (bicyclic) bond motifs is 1. The molecule has 0 bridgehead atoms. The molecule has 3 rings (SSSR count). The number of methoxy groups -OCH3 is 1. The quantitative estimate of drug-likeness (QED) is 0.462. The van der Waals surface area contributed by atoms with Crippen LogP contribution in [0.2, 0.25) is 0 Å². The van der Waals surface area contributed by atoms with Gasteiger partial charge in [0.1, 0.15) is 0 Å². The maximum atomic E-state index is 14.2. The molecule has 0 aliphatic heterocycles. The van der Waals surface area contributed by atoms with Gasteiger partial charge in [-0.15, -0.1) is 0 Å². The van der Waals surface area contributed by atoms with Crippen molar-refractivity contribution in [1.82, 2.24) is 10.3 Å². The molecule has 0 aliphatic carbocycles. The van der Waals surface area contributed by atoms with Crippen LogP contribution in [0.3, 0.4) is 0 Å². The van der Waals surface area contributed by atoms with Crippen LogP contribution >= 0.6 is 11.3 Å². The Morgan fingerprint density at radius 1 is 1.03 bits per heavy atom. The molecule has 1 heterocycles. The van der Waals surface area contributed by atoms with Crippen LogP contribution in [0.25, 0.3) is 10.2 Å². The Morgan fingerprint density at radius 3 is 2.30 bits per heavy atom. The van der Waals surface area contributed by atoms with Gasteiger partial charge in [-0.05, 0) is 37.1 Å². The molecule has 6 nitrogen and oxygen atoms in total. The topological polar surface area (TPSA) is 80.3 Å². The summed E-state index contributed by atoms with van der Waals surface area (Å²) in [5.41, 5.74) is -1.82. The molecule has 0 saturated heterocycles. The van der Waals surface area contributed by atoms with E-state index in [4.69, 9.17) is 0 Å². The Hall–Kier alpha value is -3.14. The average Bonchev–Trinajstić information content (AvgIpc) is 3.10. The molecule has 158 valence electrons. The molecule has 0 spiro atoms. The first-order valence-electron chi connectivity index (χ1n) is 8.76. The highest BCUT2D eigenvalue weighted by atomic mass is 32.1. The Morgan fingerprint density at radius 2 is 1.70 bits per heavy atom. The number of nitrogens with one attached hydrogen (secondary N) is 2. The van der Waals surface area contributed by atoms with Crippen LogP contribution in [-0.4, -0.2) is 35.8 Å². The van der Waals surface area contributed by atoms with Gasteiger partial charge in [0.25, 0.3) is 5.91 Å². The van der Waals surface area contributed by atoms with E-state index in [1.807, 2.05) is 0 Å². The van der Waals surface area contributed by atoms with E-state index in [0.29, 0.717) is 15.8 Å². The summed E-state index contributed by atoms with van der Waals surface area (Å²) in [6.45, 7) is 3.34. The molecule has 1 unspecified atom stereocenters. The van der Waals surface area contributed by atoms with Crippen molar-refractivity contribution < 1.29 is 27.5 Å². The second kappa shape index (κ2) is 7.94. The molecule has 2 N–H and O–H groups in total. The molecule has 30 heavy (non-hydrogen) atoms. The van der Waals surface area contributed by atoms with Crippen LogP contribution < -0.4 is 10.6 Å². The van der Waals surface area contributed by atoms with Gasteiger partial charge in [0, 0.05) is 5.56 Å². The number of hydrogen-bond donors (Lipinski definition) is 2. The third-order valence-corrected chi connectivity index (χ3v) is 5.46. The molecule has 0 fully saturated rings. The number of thiazole rings is 1. The van der Waals surface area contributed by atoms with Crippen LogP contribution in [0.15, 0.2) is 42.5 Å². The van der Waals surface area contributed by atoms with Gasteiger partial charge in [0.15, 0.2) is 5.13 Å². The standard InChI is InChI=1S/C20H18F3N3O3S/c1-11-7-4-5-9-13(11)16(27)25-19(17(28)29-3,20(21,22)23)26-18-24-15-12(2)8-6-10-14(15)30-18/h4-10H,1-3H3,(H,24,26)(H,25,27). The number of alkyl halides is 3. The Bertz CT molecular complexity index is 1110. The minimum atomic E-state index is -5.23. The lowest BCUT2D eigenvalue weighted by molar-refractivity contribution is -0.203. The first-order chi connectivity index (χ1) is 14.1. The first kappa shape index (κ1) is 21.6. The number of aromatic nitrogens is 1. The van der Waals surface area contributed by atoms with Crippen LogP contribution in [0.5, 0.6) is 0 Å². The van der Waals surface area contributed by atoms with E-state index in [1.165, 1.54) is 12.1 Å². The van der Waals surface area contributed by atoms with Crippen molar-refractivity contribution >= 4 is 38.6 Å². The number of carbonyl (C=O) groups excluding carboxylic acids is 2. The van der Waals surface area contributed by atoms with Crippen LogP contribution in [0, 0.1) is 13.8 Å². The molecule has 1 amide bonds. The second-order valence-electron chi connectivity index (χ2n) is 6.57. The molecule has 3 aromatic rings. The number of nitrogens with zero attached hydrogens (tertiary/aromatic N) is 1. The van der Waals surface area contributed by atoms with Crippen LogP contribution in [0.1, 0.15) is 21.5 Å². The number of aryl methyl sites for hydroxylation is 2. The predicted molar refractivity (Wildman–Crippen MR) is 107 cm³/mol. The van der Waals surface area contributed by atoms with Crippen LogP contribution in [0.4, 0.5) is 18.3 Å². The van der Waals surface area contributed by atoms with Gasteiger partial charge in [-0.2, -0.15) is 13.2 Å². The summed E-state index contributed by atoms with van der Waals surface area (Å²) >= 11 is 0.927. The fraction of sp³-hybridized carbons (Fsp3) is 0.250. The molecule has 1 aromatic heterocycles. The minimum absolute atomic E-state index is 0.00280. The highest BCUT2D eigenvalue weighted by Gasteiger charge is 2.64. The van der Waals surface area contributed by atoms with Crippen molar-refractivity contribution in [3.8, 4) is 0 Å². The molecule has 0 saturated carbocycles. The highest BCUT2D eigenvalue weighted by Crippen LogP contribution is 2.36. The van der Waals surface area contributed by atoms with Gasteiger partial charge in [-0.25, -0.2) is 9.78 Å². The van der Waals surface area contributed by atoms with Gasteiger partial charge < -0.3 is 15.4 Å². The van der Waals surface area contributed by atoms with E-state index in [2.05, 4.69) is 15.0 Å². The van der Waals surface area contributed by atoms with E-state index in [1.54, 1.807) is 49.5 Å². The summed E-state index contributed by atoms with van der Waals surface area (Å²) < 4.78 is 47.7. The molecule has 0 aliphatic rings. The second-order valence-corrected chi connectivity index (χ2v) is 7.60. The monoisotopic (exact) mass is 437 g/mol. The molecule has 1 atom stereocenters. The smallest absolute Gasteiger partial charge is 0.442 e. The van der Waals surface area contributed by atoms with E-state index >= 15 is 0 Å². The summed E-state index contributed by atoms with van der Waals surface area (Å²) in [5, 5.41) is 3.71. The van der Waals surface area contributed by atoms with Crippen molar-refractivity contribution in [2.75, 3.05) is 12.4 Å². The Kier molecular flexibility index (Phi) is 5.71. The van der Waals surface area contributed by atoms with E-state index in [0.717, 1.165) is 24.0 Å². The molecule has 2 aromatic carbocycles. The van der Waals surface area contributed by atoms with Crippen LogP contribution in [-0.2, 0) is 9.53 Å². The number of benzene rings is 2. The van der Waals surface area contributed by atoms with Crippen molar-refractivity contribution in [1.29, 1.82) is 0 Å². The number of carbonyl (C=O) groups is 2. The molecular formula is C20H18F3N3O3S. The van der Waals surface area contributed by atoms with Gasteiger partial charge in [-0.1, -0.05) is 41.7 Å². The van der Waals surface area contributed by atoms with E-state index in [-0.39, 0.29) is 10.7 Å². The van der Waals surface area contributed by atoms with Crippen molar-refractivity contribution in [3.05, 3.63) is 59.2 Å². The maximum absolute atomic E-state index is 14.2. The largest absolute Gasteiger partial charge is 0.466 e. The van der Waals surface area contributed by atoms with Gasteiger partial charge in [0.2, 0.25) is 0 Å². The number of rotatable bonds is 5. The first-order valence-corrected chi connectivity index (χ1v) is 9.58. The summed E-state index contributed by atoms with van der Waals surface area (Å²) in [5.74, 6) is -2.80. The number of anilines is 1. The lowest BCUT2D eigenvalue weighted by Gasteiger charge is -2.34. The SMILES string of the molecule is COC(=O)C(NC(=O)c1ccccc1C)(Nc1nc2c(C)cccc2s1)C(F)(F)F. The zero-order valence-electron chi connectivity index (χ0n) is 16.3. The number of para-hydroxylation sites is 1. The maximum Gasteiger partial charge on any atom is 0.442 e. The third kappa shape index (κ3) is 3.82.